The van der Waals surface area contributed by atoms with Crippen LogP contribution in [-0.4, -0.2) is 18.0 Å². The number of carbonyl (C=O) groups is 1. The van der Waals surface area contributed by atoms with Gasteiger partial charge in [-0.2, -0.15) is 0 Å². The first kappa shape index (κ1) is 16.0. The molecule has 114 valence electrons. The van der Waals surface area contributed by atoms with Crippen LogP contribution in [0.4, 0.5) is 5.69 Å². The van der Waals surface area contributed by atoms with Gasteiger partial charge in [-0.25, -0.2) is 4.79 Å². The molecule has 0 aromatic heterocycles. The first-order valence-corrected chi connectivity index (χ1v) is 7.05. The lowest BCUT2D eigenvalue weighted by Crippen LogP contribution is -2.07. The van der Waals surface area contributed by atoms with Gasteiger partial charge in [-0.15, -0.1) is 0 Å². The number of hydrogen-bond donors (Lipinski definition) is 0. The number of carbonyl (C=O) groups excluding carboxylic acids is 1. The number of hydrogen-bond acceptors (Lipinski definition) is 5. The fraction of sp³-hybridized carbons (Fsp3) is 0.133. The molecule has 0 amide bonds. The van der Waals surface area contributed by atoms with Gasteiger partial charge in [0.1, 0.15) is 12.4 Å². The standard InChI is InChI=1S/C15H12BrNO5/c1-21-11-6-7-13(16)12(8-11)15(18)22-9-10-4-2-3-5-14(10)17(19)20/h2-8H,9H2,1H3. The van der Waals surface area contributed by atoms with Crippen LogP contribution in [0, 0.1) is 10.1 Å². The zero-order chi connectivity index (χ0) is 16.1. The smallest absolute Gasteiger partial charge is 0.339 e. The third kappa shape index (κ3) is 3.62. The molecule has 7 heteroatoms. The van der Waals surface area contributed by atoms with E-state index in [9.17, 15) is 14.9 Å². The van der Waals surface area contributed by atoms with E-state index >= 15 is 0 Å². The zero-order valence-electron chi connectivity index (χ0n) is 11.6. The molecule has 0 saturated carbocycles. The van der Waals surface area contributed by atoms with Gasteiger partial charge >= 0.3 is 5.97 Å². The molecule has 0 aliphatic rings. The first-order chi connectivity index (χ1) is 10.5. The lowest BCUT2D eigenvalue weighted by molar-refractivity contribution is -0.385. The Bertz CT molecular complexity index is 717. The van der Waals surface area contributed by atoms with E-state index in [4.69, 9.17) is 9.47 Å². The highest BCUT2D eigenvalue weighted by molar-refractivity contribution is 9.10. The summed E-state index contributed by atoms with van der Waals surface area (Å²) in [5.74, 6) is -0.0789. The van der Waals surface area contributed by atoms with Crippen molar-refractivity contribution in [3.8, 4) is 5.75 Å². The maximum atomic E-state index is 12.1. The Morgan fingerprint density at radius 1 is 1.27 bits per heavy atom. The van der Waals surface area contributed by atoms with Crippen molar-refractivity contribution in [2.24, 2.45) is 0 Å². The molecule has 0 atom stereocenters. The fourth-order valence-electron chi connectivity index (χ4n) is 1.82. The largest absolute Gasteiger partial charge is 0.497 e. The van der Waals surface area contributed by atoms with E-state index in [1.807, 2.05) is 0 Å². The van der Waals surface area contributed by atoms with Crippen molar-refractivity contribution in [3.63, 3.8) is 0 Å². The number of benzene rings is 2. The highest BCUT2D eigenvalue weighted by atomic mass is 79.9. The Balaban J connectivity index is 2.15. The predicted molar refractivity (Wildman–Crippen MR) is 82.9 cm³/mol. The van der Waals surface area contributed by atoms with E-state index < -0.39 is 10.9 Å². The maximum Gasteiger partial charge on any atom is 0.339 e. The molecule has 0 unspecified atom stereocenters. The van der Waals surface area contributed by atoms with Gasteiger partial charge in [0.25, 0.3) is 5.69 Å². The second kappa shape index (κ2) is 7.04. The van der Waals surface area contributed by atoms with Crippen LogP contribution in [0.5, 0.6) is 5.75 Å². The van der Waals surface area contributed by atoms with Crippen LogP contribution in [0.3, 0.4) is 0 Å². The van der Waals surface area contributed by atoms with E-state index in [1.165, 1.54) is 19.2 Å². The number of esters is 1. The average Bonchev–Trinajstić information content (AvgIpc) is 2.53. The second-order valence-corrected chi connectivity index (χ2v) is 5.16. The van der Waals surface area contributed by atoms with E-state index in [0.29, 0.717) is 15.8 Å². The summed E-state index contributed by atoms with van der Waals surface area (Å²) >= 11 is 3.26. The third-order valence-corrected chi connectivity index (χ3v) is 3.63. The van der Waals surface area contributed by atoms with Crippen LogP contribution in [0.1, 0.15) is 15.9 Å². The molecule has 2 aromatic rings. The Morgan fingerprint density at radius 3 is 2.68 bits per heavy atom. The molecule has 22 heavy (non-hydrogen) atoms. The molecule has 0 spiro atoms. The minimum atomic E-state index is -0.594. The quantitative estimate of drug-likeness (QED) is 0.458. The summed E-state index contributed by atoms with van der Waals surface area (Å²) in [6, 6.07) is 11.0. The normalized spacial score (nSPS) is 10.1. The Kier molecular flexibility index (Phi) is 5.11. The van der Waals surface area contributed by atoms with Crippen molar-refractivity contribution in [2.75, 3.05) is 7.11 Å². The van der Waals surface area contributed by atoms with Crippen LogP contribution in [0.15, 0.2) is 46.9 Å². The molecule has 2 rings (SSSR count). The van der Waals surface area contributed by atoms with Crippen LogP contribution in [0.2, 0.25) is 0 Å². The number of rotatable bonds is 5. The molecule has 0 fully saturated rings. The van der Waals surface area contributed by atoms with Gasteiger partial charge in [0.15, 0.2) is 0 Å². The minimum absolute atomic E-state index is 0.0833. The number of halogens is 1. The predicted octanol–water partition coefficient (Wildman–Crippen LogP) is 3.72. The third-order valence-electron chi connectivity index (χ3n) is 2.94. The van der Waals surface area contributed by atoms with E-state index in [0.717, 1.165) is 0 Å². The van der Waals surface area contributed by atoms with Gasteiger partial charge in [0, 0.05) is 10.5 Å². The van der Waals surface area contributed by atoms with Crippen molar-refractivity contribution >= 4 is 27.6 Å². The van der Waals surface area contributed by atoms with Crippen LogP contribution in [0.25, 0.3) is 0 Å². The van der Waals surface area contributed by atoms with Gasteiger partial charge in [-0.3, -0.25) is 10.1 Å². The van der Waals surface area contributed by atoms with Gasteiger partial charge in [-0.1, -0.05) is 12.1 Å². The van der Waals surface area contributed by atoms with Crippen LogP contribution >= 0.6 is 15.9 Å². The first-order valence-electron chi connectivity index (χ1n) is 6.26. The van der Waals surface area contributed by atoms with Gasteiger partial charge in [0.2, 0.25) is 0 Å². The van der Waals surface area contributed by atoms with Crippen LogP contribution in [-0.2, 0) is 11.3 Å². The lowest BCUT2D eigenvalue weighted by atomic mass is 10.2. The number of nitro benzene ring substituents is 1. The average molecular weight is 366 g/mol. The summed E-state index contributed by atoms with van der Waals surface area (Å²) < 4.78 is 10.8. The summed E-state index contributed by atoms with van der Waals surface area (Å²) in [4.78, 5) is 22.5. The second-order valence-electron chi connectivity index (χ2n) is 4.31. The molecular weight excluding hydrogens is 354 g/mol. The summed E-state index contributed by atoms with van der Waals surface area (Å²) in [6.07, 6.45) is 0. The Labute approximate surface area is 134 Å². The molecule has 0 bridgehead atoms. The SMILES string of the molecule is COc1ccc(Br)c(C(=O)OCc2ccccc2[N+](=O)[O-])c1. The number of para-hydroxylation sites is 1. The molecule has 2 aromatic carbocycles. The highest BCUT2D eigenvalue weighted by Crippen LogP contribution is 2.24. The Morgan fingerprint density at radius 2 is 2.00 bits per heavy atom. The molecule has 6 nitrogen and oxygen atoms in total. The van der Waals surface area contributed by atoms with Crippen molar-refractivity contribution in [3.05, 3.63) is 68.2 Å². The summed E-state index contributed by atoms with van der Waals surface area (Å²) in [7, 11) is 1.49. The molecular formula is C15H12BrNO5. The molecule has 0 saturated heterocycles. The van der Waals surface area contributed by atoms with E-state index in [2.05, 4.69) is 15.9 Å². The molecule has 0 N–H and O–H groups in total. The zero-order valence-corrected chi connectivity index (χ0v) is 13.2. The minimum Gasteiger partial charge on any atom is -0.497 e. The number of nitrogens with zero attached hydrogens (tertiary/aromatic N) is 1. The van der Waals surface area contributed by atoms with E-state index in [-0.39, 0.29) is 17.9 Å². The fourth-order valence-corrected chi connectivity index (χ4v) is 2.23. The van der Waals surface area contributed by atoms with Crippen molar-refractivity contribution < 1.29 is 19.2 Å². The van der Waals surface area contributed by atoms with Crippen molar-refractivity contribution in [1.29, 1.82) is 0 Å². The molecule has 0 radical (unpaired) electrons. The Hall–Kier alpha value is -2.41. The summed E-state index contributed by atoms with van der Waals surface area (Å²) in [5.41, 5.74) is 0.540. The molecule has 0 aliphatic heterocycles. The molecule has 0 aliphatic carbocycles. The van der Waals surface area contributed by atoms with Crippen molar-refractivity contribution in [2.45, 2.75) is 6.61 Å². The monoisotopic (exact) mass is 365 g/mol. The summed E-state index contributed by atoms with van der Waals surface area (Å²) in [6.45, 7) is -0.181. The highest BCUT2D eigenvalue weighted by Gasteiger charge is 2.17. The van der Waals surface area contributed by atoms with Gasteiger partial charge < -0.3 is 9.47 Å². The van der Waals surface area contributed by atoms with E-state index in [1.54, 1.807) is 30.3 Å². The van der Waals surface area contributed by atoms with Crippen LogP contribution < -0.4 is 4.74 Å². The topological polar surface area (TPSA) is 78.7 Å². The number of methoxy groups -OCH3 is 1. The van der Waals surface area contributed by atoms with Gasteiger partial charge in [-0.05, 0) is 40.2 Å². The lowest BCUT2D eigenvalue weighted by Gasteiger charge is -2.08. The number of ether oxygens (including phenoxy) is 2. The number of nitro groups is 1. The summed E-state index contributed by atoms with van der Waals surface area (Å²) in [5, 5.41) is 10.9. The van der Waals surface area contributed by atoms with Gasteiger partial charge in [0.05, 0.1) is 23.2 Å². The van der Waals surface area contributed by atoms with Crippen molar-refractivity contribution in [1.82, 2.24) is 0 Å². The molecule has 0 heterocycles. The maximum absolute atomic E-state index is 12.1.